The van der Waals surface area contributed by atoms with E-state index in [9.17, 15) is 31.5 Å². The normalized spacial score (nSPS) is 12.1. The van der Waals surface area contributed by atoms with Crippen molar-refractivity contribution in [2.75, 3.05) is 5.32 Å². The van der Waals surface area contributed by atoms with E-state index >= 15 is 0 Å². The van der Waals surface area contributed by atoms with E-state index in [1.54, 1.807) is 0 Å². The molecule has 152 valence electrons. The molecule has 2 aromatic rings. The highest BCUT2D eigenvalue weighted by molar-refractivity contribution is 9.10. The summed E-state index contributed by atoms with van der Waals surface area (Å²) in [6, 6.07) is 4.40. The summed E-state index contributed by atoms with van der Waals surface area (Å²) in [5, 5.41) is 11.8. The highest BCUT2D eigenvalue weighted by atomic mass is 79.9. The van der Waals surface area contributed by atoms with E-state index in [1.165, 1.54) is 19.9 Å². The molecule has 0 radical (unpaired) electrons. The van der Waals surface area contributed by atoms with Crippen molar-refractivity contribution in [1.29, 1.82) is 0 Å². The van der Waals surface area contributed by atoms with Crippen molar-refractivity contribution in [3.8, 4) is 0 Å². The number of nitrogens with zero attached hydrogens (tertiary/aromatic N) is 2. The largest absolute Gasteiger partial charge is 0.464 e. The van der Waals surface area contributed by atoms with Crippen LogP contribution in [0.5, 0.6) is 0 Å². The van der Waals surface area contributed by atoms with Gasteiger partial charge in [0.05, 0.1) is 16.1 Å². The summed E-state index contributed by atoms with van der Waals surface area (Å²) in [4.78, 5) is 14.8. The molecule has 28 heavy (non-hydrogen) atoms. The van der Waals surface area contributed by atoms with Crippen LogP contribution in [0.1, 0.15) is 19.4 Å². The Kier molecular flexibility index (Phi) is 6.24. The topological polar surface area (TPSA) is 99.6 Å². The lowest BCUT2D eigenvalue weighted by molar-refractivity contribution is -0.137. The molecule has 2 N–H and O–H groups in total. The molecule has 0 aliphatic heterocycles. The Morgan fingerprint density at radius 2 is 1.89 bits per heavy atom. The molecule has 1 aromatic heterocycles. The predicted molar refractivity (Wildman–Crippen MR) is 98.8 cm³/mol. The number of pyridine rings is 1. The number of carboxylic acid groups (broad SMARTS) is 1. The van der Waals surface area contributed by atoms with E-state index in [2.05, 4.69) is 26.2 Å². The van der Waals surface area contributed by atoms with E-state index in [4.69, 9.17) is 0 Å². The number of benzene rings is 1. The van der Waals surface area contributed by atoms with Crippen molar-refractivity contribution in [3.05, 3.63) is 46.6 Å². The van der Waals surface area contributed by atoms with Crippen LogP contribution in [-0.4, -0.2) is 34.9 Å². The number of alkyl halides is 3. The molecule has 12 heteroatoms. The number of amides is 1. The number of aromatic nitrogens is 1. The van der Waals surface area contributed by atoms with Gasteiger partial charge in [0.1, 0.15) is 5.82 Å². The Balaban J connectivity index is 2.36. The van der Waals surface area contributed by atoms with Gasteiger partial charge in [0, 0.05) is 16.7 Å². The molecule has 0 fully saturated rings. The van der Waals surface area contributed by atoms with Gasteiger partial charge < -0.3 is 10.4 Å². The molecule has 0 atom stereocenters. The Hall–Kier alpha value is -2.34. The van der Waals surface area contributed by atoms with Crippen molar-refractivity contribution in [2.24, 2.45) is 0 Å². The van der Waals surface area contributed by atoms with Gasteiger partial charge in [-0.05, 0) is 60.1 Å². The van der Waals surface area contributed by atoms with Crippen LogP contribution in [0.3, 0.4) is 0 Å². The fourth-order valence-electron chi connectivity index (χ4n) is 2.29. The molecule has 7 nitrogen and oxygen atoms in total. The van der Waals surface area contributed by atoms with Crippen LogP contribution in [0.4, 0.5) is 29.5 Å². The summed E-state index contributed by atoms with van der Waals surface area (Å²) < 4.78 is 64.0. The number of halogens is 4. The first-order valence-electron chi connectivity index (χ1n) is 7.71. The Morgan fingerprint density at radius 1 is 1.25 bits per heavy atom. The molecule has 1 heterocycles. The zero-order chi connectivity index (χ0) is 21.3. The SMILES string of the molecule is CC(C)N(C(=O)O)S(=O)(=O)c1ccc(Nc2cc(C(F)(F)F)ccn2)c(Br)c1. The second kappa shape index (κ2) is 7.95. The fraction of sp³-hybridized carbons (Fsp3) is 0.250. The number of carbonyl (C=O) groups is 1. The van der Waals surface area contributed by atoms with Crippen molar-refractivity contribution < 1.29 is 31.5 Å². The van der Waals surface area contributed by atoms with Crippen molar-refractivity contribution in [2.45, 2.75) is 31.0 Å². The van der Waals surface area contributed by atoms with Gasteiger partial charge >= 0.3 is 12.3 Å². The minimum absolute atomic E-state index is 0.0968. The summed E-state index contributed by atoms with van der Waals surface area (Å²) in [5.74, 6) is -0.0968. The number of hydrogen-bond acceptors (Lipinski definition) is 5. The van der Waals surface area contributed by atoms with Crippen LogP contribution >= 0.6 is 15.9 Å². The molecular formula is C16H15BrF3N3O4S. The van der Waals surface area contributed by atoms with Crippen molar-refractivity contribution in [1.82, 2.24) is 9.29 Å². The first-order valence-corrected chi connectivity index (χ1v) is 9.94. The van der Waals surface area contributed by atoms with Crippen LogP contribution in [0.15, 0.2) is 45.9 Å². The van der Waals surface area contributed by atoms with Gasteiger partial charge in [0.2, 0.25) is 0 Å². The Labute approximate surface area is 167 Å². The highest BCUT2D eigenvalue weighted by Crippen LogP contribution is 2.33. The average Bonchev–Trinajstić information content (AvgIpc) is 2.55. The second-order valence-electron chi connectivity index (χ2n) is 5.87. The maximum Gasteiger partial charge on any atom is 0.421 e. The number of rotatable bonds is 5. The molecule has 0 saturated carbocycles. The van der Waals surface area contributed by atoms with Crippen LogP contribution in [0.2, 0.25) is 0 Å². The molecule has 1 aromatic carbocycles. The summed E-state index contributed by atoms with van der Waals surface area (Å²) >= 11 is 3.14. The molecular weight excluding hydrogens is 467 g/mol. The summed E-state index contributed by atoms with van der Waals surface area (Å²) in [5.41, 5.74) is -0.647. The lowest BCUT2D eigenvalue weighted by Crippen LogP contribution is -2.40. The third-order valence-corrected chi connectivity index (χ3v) is 6.11. The first-order chi connectivity index (χ1) is 12.8. The molecule has 0 bridgehead atoms. The molecule has 0 spiro atoms. The monoisotopic (exact) mass is 481 g/mol. The van der Waals surface area contributed by atoms with Crippen molar-refractivity contribution in [3.63, 3.8) is 0 Å². The zero-order valence-electron chi connectivity index (χ0n) is 14.5. The summed E-state index contributed by atoms with van der Waals surface area (Å²) in [6.07, 6.45) is -5.17. The van der Waals surface area contributed by atoms with E-state index in [0.29, 0.717) is 4.31 Å². The Bertz CT molecular complexity index is 997. The number of sulfonamides is 1. The number of nitrogens with one attached hydrogen (secondary N) is 1. The second-order valence-corrected chi connectivity index (χ2v) is 8.54. The minimum atomic E-state index is -4.54. The smallest absolute Gasteiger partial charge is 0.421 e. The van der Waals surface area contributed by atoms with Crippen LogP contribution < -0.4 is 5.32 Å². The van der Waals surface area contributed by atoms with Crippen molar-refractivity contribution >= 4 is 43.6 Å². The maximum atomic E-state index is 12.8. The predicted octanol–water partition coefficient (Wildman–Crippen LogP) is 4.68. The van der Waals surface area contributed by atoms with E-state index in [-0.39, 0.29) is 20.9 Å². The zero-order valence-corrected chi connectivity index (χ0v) is 16.9. The maximum absolute atomic E-state index is 12.8. The average molecular weight is 482 g/mol. The van der Waals surface area contributed by atoms with E-state index in [0.717, 1.165) is 30.5 Å². The fourth-order valence-corrected chi connectivity index (χ4v) is 4.41. The van der Waals surface area contributed by atoms with Gasteiger partial charge in [-0.25, -0.2) is 18.2 Å². The molecule has 0 aliphatic rings. The van der Waals surface area contributed by atoms with Gasteiger partial charge in [-0.2, -0.15) is 17.5 Å². The van der Waals surface area contributed by atoms with Gasteiger partial charge in [-0.3, -0.25) is 0 Å². The molecule has 0 saturated heterocycles. The lowest BCUT2D eigenvalue weighted by Gasteiger charge is -2.23. The van der Waals surface area contributed by atoms with Crippen LogP contribution in [0.25, 0.3) is 0 Å². The molecule has 0 aliphatic carbocycles. The summed E-state index contributed by atoms with van der Waals surface area (Å²) in [7, 11) is -4.33. The highest BCUT2D eigenvalue weighted by Gasteiger charge is 2.32. The molecule has 1 amide bonds. The molecule has 2 rings (SSSR count). The van der Waals surface area contributed by atoms with Crippen LogP contribution in [0, 0.1) is 0 Å². The number of anilines is 2. The van der Waals surface area contributed by atoms with Gasteiger partial charge in [-0.15, -0.1) is 0 Å². The molecule has 0 unspecified atom stereocenters. The number of hydrogen-bond donors (Lipinski definition) is 2. The van der Waals surface area contributed by atoms with Gasteiger partial charge in [-0.1, -0.05) is 0 Å². The first kappa shape index (κ1) is 22.0. The quantitative estimate of drug-likeness (QED) is 0.642. The third kappa shape index (κ3) is 4.73. The Morgan fingerprint density at radius 3 is 2.39 bits per heavy atom. The third-order valence-electron chi connectivity index (χ3n) is 3.50. The minimum Gasteiger partial charge on any atom is -0.464 e. The van der Waals surface area contributed by atoms with Gasteiger partial charge in [0.15, 0.2) is 0 Å². The van der Waals surface area contributed by atoms with E-state index < -0.39 is 33.9 Å². The summed E-state index contributed by atoms with van der Waals surface area (Å²) in [6.45, 7) is 2.83. The van der Waals surface area contributed by atoms with E-state index in [1.807, 2.05) is 0 Å². The standard InChI is InChI=1S/C16H15BrF3N3O4S/c1-9(2)23(15(24)25)28(26,27)11-3-4-13(12(17)8-11)22-14-7-10(5-6-21-14)16(18,19)20/h3-9H,1-2H3,(H,21,22)(H,24,25). The lowest BCUT2D eigenvalue weighted by atomic mass is 10.2. The van der Waals surface area contributed by atoms with Gasteiger partial charge in [0.25, 0.3) is 10.0 Å². The van der Waals surface area contributed by atoms with Crippen LogP contribution in [-0.2, 0) is 16.2 Å².